The molecule has 1 heterocycles. The molecule has 0 atom stereocenters. The Bertz CT molecular complexity index is 650. The van der Waals surface area contributed by atoms with Crippen molar-refractivity contribution in [2.45, 2.75) is 38.5 Å². The summed E-state index contributed by atoms with van der Waals surface area (Å²) in [6, 6.07) is 7.04. The summed E-state index contributed by atoms with van der Waals surface area (Å²) in [7, 11) is 1.37. The number of amides is 1. The lowest BCUT2D eigenvalue weighted by Crippen LogP contribution is -2.49. The van der Waals surface area contributed by atoms with Gasteiger partial charge in [0.1, 0.15) is 12.4 Å². The number of nitrogens with zero attached hydrogens (tertiary/aromatic N) is 2. The van der Waals surface area contributed by atoms with Crippen LogP contribution in [0, 0.1) is 5.92 Å². The van der Waals surface area contributed by atoms with Gasteiger partial charge >= 0.3 is 5.97 Å². The maximum absolute atomic E-state index is 12.4. The fourth-order valence-electron chi connectivity index (χ4n) is 4.13. The minimum absolute atomic E-state index is 0.322. The molecule has 1 saturated heterocycles. The average Bonchev–Trinajstić information content (AvgIpc) is 3.26. The van der Waals surface area contributed by atoms with E-state index in [1.54, 1.807) is 18.2 Å². The minimum atomic E-state index is -0.362. The monoisotopic (exact) mass is 388 g/mol. The zero-order valence-corrected chi connectivity index (χ0v) is 16.9. The molecule has 28 heavy (non-hydrogen) atoms. The summed E-state index contributed by atoms with van der Waals surface area (Å²) in [5.74, 6) is 1.41. The van der Waals surface area contributed by atoms with Gasteiger partial charge in [-0.25, -0.2) is 4.79 Å². The normalized spacial score (nSPS) is 18.2. The Morgan fingerprint density at radius 2 is 1.86 bits per heavy atom. The third kappa shape index (κ3) is 5.96. The number of rotatable bonds is 8. The number of carbonyl (C=O) groups excluding carboxylic acids is 2. The maximum Gasteiger partial charge on any atom is 0.337 e. The first-order chi connectivity index (χ1) is 13.7. The topological polar surface area (TPSA) is 59.1 Å². The zero-order chi connectivity index (χ0) is 19.8. The predicted molar refractivity (Wildman–Crippen MR) is 107 cm³/mol. The van der Waals surface area contributed by atoms with Crippen molar-refractivity contribution in [3.8, 4) is 5.75 Å². The van der Waals surface area contributed by atoms with E-state index in [9.17, 15) is 9.59 Å². The van der Waals surface area contributed by atoms with Crippen molar-refractivity contribution < 1.29 is 19.1 Å². The summed E-state index contributed by atoms with van der Waals surface area (Å²) < 4.78 is 10.5. The van der Waals surface area contributed by atoms with Crippen molar-refractivity contribution in [2.75, 3.05) is 46.4 Å². The summed E-state index contributed by atoms with van der Waals surface area (Å²) >= 11 is 0. The largest absolute Gasteiger partial charge is 0.492 e. The number of benzene rings is 1. The van der Waals surface area contributed by atoms with Gasteiger partial charge in [0.05, 0.1) is 12.7 Å². The van der Waals surface area contributed by atoms with E-state index in [-0.39, 0.29) is 5.97 Å². The van der Waals surface area contributed by atoms with Gasteiger partial charge in [-0.3, -0.25) is 9.69 Å². The van der Waals surface area contributed by atoms with Crippen LogP contribution in [0.5, 0.6) is 5.75 Å². The van der Waals surface area contributed by atoms with Crippen LogP contribution in [0.2, 0.25) is 0 Å². The molecule has 6 heteroatoms. The van der Waals surface area contributed by atoms with Gasteiger partial charge in [0.15, 0.2) is 0 Å². The Morgan fingerprint density at radius 1 is 1.11 bits per heavy atom. The molecule has 0 unspecified atom stereocenters. The first-order valence-electron chi connectivity index (χ1n) is 10.5. The van der Waals surface area contributed by atoms with Crippen molar-refractivity contribution in [1.82, 2.24) is 9.80 Å². The number of piperazine rings is 1. The molecule has 6 nitrogen and oxygen atoms in total. The number of carbonyl (C=O) groups is 2. The van der Waals surface area contributed by atoms with Gasteiger partial charge in [0.2, 0.25) is 5.91 Å². The number of methoxy groups -OCH3 is 1. The number of esters is 1. The van der Waals surface area contributed by atoms with Gasteiger partial charge in [0.25, 0.3) is 0 Å². The Kier molecular flexibility index (Phi) is 7.71. The lowest BCUT2D eigenvalue weighted by atomic mass is 10.0. The second-order valence-corrected chi connectivity index (χ2v) is 7.78. The average molecular weight is 389 g/mol. The van der Waals surface area contributed by atoms with E-state index in [0.717, 1.165) is 45.1 Å². The Labute approximate surface area is 167 Å². The molecule has 1 amide bonds. The fraction of sp³-hybridized carbons (Fsp3) is 0.636. The van der Waals surface area contributed by atoms with E-state index in [0.29, 0.717) is 30.2 Å². The molecule has 0 spiro atoms. The first kappa shape index (κ1) is 20.6. The van der Waals surface area contributed by atoms with E-state index in [4.69, 9.17) is 9.47 Å². The van der Waals surface area contributed by atoms with Gasteiger partial charge in [-0.2, -0.15) is 0 Å². The molecule has 1 aromatic carbocycles. The minimum Gasteiger partial charge on any atom is -0.492 e. The second kappa shape index (κ2) is 10.5. The molecule has 1 saturated carbocycles. The van der Waals surface area contributed by atoms with E-state index < -0.39 is 0 Å². The predicted octanol–water partition coefficient (Wildman–Crippen LogP) is 2.97. The van der Waals surface area contributed by atoms with Crippen molar-refractivity contribution >= 4 is 11.9 Å². The Hall–Kier alpha value is -2.08. The van der Waals surface area contributed by atoms with Crippen molar-refractivity contribution in [3.05, 3.63) is 29.8 Å². The molecule has 1 aliphatic heterocycles. The van der Waals surface area contributed by atoms with Crippen LogP contribution in [-0.2, 0) is 9.53 Å². The molecule has 1 aliphatic carbocycles. The molecule has 0 radical (unpaired) electrons. The highest BCUT2D eigenvalue weighted by Gasteiger charge is 2.22. The van der Waals surface area contributed by atoms with Crippen molar-refractivity contribution in [1.29, 1.82) is 0 Å². The maximum atomic E-state index is 12.4. The zero-order valence-electron chi connectivity index (χ0n) is 16.9. The van der Waals surface area contributed by atoms with Crippen LogP contribution in [0.3, 0.4) is 0 Å². The van der Waals surface area contributed by atoms with E-state index in [1.807, 2.05) is 11.0 Å². The summed E-state index contributed by atoms with van der Waals surface area (Å²) in [6.45, 7) is 4.76. The van der Waals surface area contributed by atoms with Crippen LogP contribution in [0.15, 0.2) is 24.3 Å². The standard InChI is InChI=1S/C22H32N2O4/c1-27-22(26)19-7-4-8-20(17-19)28-16-15-23-11-13-24(14-12-23)21(25)10-9-18-5-2-3-6-18/h4,7-8,17-18H,2-3,5-6,9-16H2,1H3. The van der Waals surface area contributed by atoms with Crippen LogP contribution in [0.1, 0.15) is 48.9 Å². The second-order valence-electron chi connectivity index (χ2n) is 7.78. The van der Waals surface area contributed by atoms with Crippen molar-refractivity contribution in [2.24, 2.45) is 5.92 Å². The Morgan fingerprint density at radius 3 is 2.57 bits per heavy atom. The summed E-state index contributed by atoms with van der Waals surface area (Å²) in [4.78, 5) is 28.3. The lowest BCUT2D eigenvalue weighted by molar-refractivity contribution is -0.133. The summed E-state index contributed by atoms with van der Waals surface area (Å²) in [5.41, 5.74) is 0.490. The Balaban J connectivity index is 1.33. The third-order valence-electron chi connectivity index (χ3n) is 5.90. The van der Waals surface area contributed by atoms with Crippen LogP contribution >= 0.6 is 0 Å². The molecule has 0 aromatic heterocycles. The molecule has 1 aromatic rings. The smallest absolute Gasteiger partial charge is 0.337 e. The molecular weight excluding hydrogens is 356 g/mol. The highest BCUT2D eigenvalue weighted by Crippen LogP contribution is 2.28. The SMILES string of the molecule is COC(=O)c1cccc(OCCN2CCN(C(=O)CCC3CCCC3)CC2)c1. The van der Waals surface area contributed by atoms with E-state index >= 15 is 0 Å². The summed E-state index contributed by atoms with van der Waals surface area (Å²) in [5, 5.41) is 0. The first-order valence-corrected chi connectivity index (χ1v) is 10.5. The van der Waals surface area contributed by atoms with Gasteiger partial charge in [-0.05, 0) is 30.5 Å². The molecule has 0 N–H and O–H groups in total. The fourth-order valence-corrected chi connectivity index (χ4v) is 4.13. The number of hydrogen-bond donors (Lipinski definition) is 0. The molecule has 154 valence electrons. The van der Waals surface area contributed by atoms with Gasteiger partial charge in [-0.1, -0.05) is 31.7 Å². The van der Waals surface area contributed by atoms with Gasteiger partial charge in [-0.15, -0.1) is 0 Å². The highest BCUT2D eigenvalue weighted by molar-refractivity contribution is 5.89. The van der Waals surface area contributed by atoms with E-state index in [2.05, 4.69) is 4.90 Å². The van der Waals surface area contributed by atoms with E-state index in [1.165, 1.54) is 32.8 Å². The quantitative estimate of drug-likeness (QED) is 0.641. The molecule has 2 fully saturated rings. The van der Waals surface area contributed by atoms with Crippen LogP contribution in [0.25, 0.3) is 0 Å². The lowest BCUT2D eigenvalue weighted by Gasteiger charge is -2.34. The number of ether oxygens (including phenoxy) is 2. The third-order valence-corrected chi connectivity index (χ3v) is 5.90. The number of hydrogen-bond acceptors (Lipinski definition) is 5. The summed E-state index contributed by atoms with van der Waals surface area (Å²) in [6.07, 6.45) is 7.08. The highest BCUT2D eigenvalue weighted by atomic mass is 16.5. The van der Waals surface area contributed by atoms with Gasteiger partial charge < -0.3 is 14.4 Å². The van der Waals surface area contributed by atoms with Crippen LogP contribution in [-0.4, -0.2) is 68.1 Å². The van der Waals surface area contributed by atoms with Crippen LogP contribution < -0.4 is 4.74 Å². The van der Waals surface area contributed by atoms with Crippen molar-refractivity contribution in [3.63, 3.8) is 0 Å². The molecule has 0 bridgehead atoms. The van der Waals surface area contributed by atoms with Gasteiger partial charge in [0, 0.05) is 39.1 Å². The molecule has 2 aliphatic rings. The molecular formula is C22H32N2O4. The molecule has 3 rings (SSSR count). The van der Waals surface area contributed by atoms with Crippen LogP contribution in [0.4, 0.5) is 0 Å².